The summed E-state index contributed by atoms with van der Waals surface area (Å²) in [5.74, 6) is 0.644. The van der Waals surface area contributed by atoms with Gasteiger partial charge in [0.2, 0.25) is 0 Å². The minimum absolute atomic E-state index is 0.0690. The molecule has 0 unspecified atom stereocenters. The SMILES string of the molecule is Cc1ccc(Oc2nccn(C)c2=O)c(Br)c1. The Kier molecular flexibility index (Phi) is 3.28. The fourth-order valence-electron chi connectivity index (χ4n) is 1.34. The number of hydrogen-bond donors (Lipinski definition) is 0. The highest BCUT2D eigenvalue weighted by Crippen LogP contribution is 2.28. The Morgan fingerprint density at radius 1 is 1.41 bits per heavy atom. The lowest BCUT2D eigenvalue weighted by Crippen LogP contribution is -2.18. The van der Waals surface area contributed by atoms with Crippen LogP contribution >= 0.6 is 15.9 Å². The van der Waals surface area contributed by atoms with Gasteiger partial charge >= 0.3 is 5.56 Å². The molecule has 0 aliphatic carbocycles. The molecule has 0 saturated carbocycles. The van der Waals surface area contributed by atoms with Gasteiger partial charge in [-0.05, 0) is 40.5 Å². The fourth-order valence-corrected chi connectivity index (χ4v) is 1.91. The van der Waals surface area contributed by atoms with E-state index in [0.29, 0.717) is 5.75 Å². The van der Waals surface area contributed by atoms with Crippen molar-refractivity contribution in [2.24, 2.45) is 7.05 Å². The van der Waals surface area contributed by atoms with Gasteiger partial charge in [0.25, 0.3) is 5.88 Å². The Bertz CT molecular complexity index is 608. The maximum absolute atomic E-state index is 11.7. The van der Waals surface area contributed by atoms with E-state index < -0.39 is 0 Å². The fraction of sp³-hybridized carbons (Fsp3) is 0.167. The molecule has 0 bridgehead atoms. The summed E-state index contributed by atoms with van der Waals surface area (Å²) >= 11 is 3.39. The lowest BCUT2D eigenvalue weighted by atomic mass is 10.2. The Morgan fingerprint density at radius 2 is 2.18 bits per heavy atom. The van der Waals surface area contributed by atoms with E-state index in [1.54, 1.807) is 19.3 Å². The summed E-state index contributed by atoms with van der Waals surface area (Å²) in [6.07, 6.45) is 3.11. The van der Waals surface area contributed by atoms with Gasteiger partial charge in [-0.15, -0.1) is 0 Å². The van der Waals surface area contributed by atoms with Gasteiger partial charge in [0.1, 0.15) is 5.75 Å². The topological polar surface area (TPSA) is 44.1 Å². The predicted octanol–water partition coefficient (Wildman–Crippen LogP) is 2.64. The van der Waals surface area contributed by atoms with Crippen molar-refractivity contribution in [3.8, 4) is 11.6 Å². The lowest BCUT2D eigenvalue weighted by molar-refractivity contribution is 0.446. The summed E-state index contributed by atoms with van der Waals surface area (Å²) in [6.45, 7) is 1.98. The van der Waals surface area contributed by atoms with Crippen LogP contribution in [0.25, 0.3) is 0 Å². The molecular formula is C12H11BrN2O2. The number of aromatic nitrogens is 2. The summed E-state index contributed by atoms with van der Waals surface area (Å²) in [7, 11) is 1.65. The van der Waals surface area contributed by atoms with E-state index in [1.807, 2.05) is 19.1 Å². The Labute approximate surface area is 107 Å². The smallest absolute Gasteiger partial charge is 0.313 e. The maximum Gasteiger partial charge on any atom is 0.313 e. The van der Waals surface area contributed by atoms with Crippen LogP contribution in [0.5, 0.6) is 11.6 Å². The molecule has 1 heterocycles. The third kappa shape index (κ3) is 2.55. The number of nitrogens with zero attached hydrogens (tertiary/aromatic N) is 2. The molecule has 2 rings (SSSR count). The molecule has 2 aromatic rings. The van der Waals surface area contributed by atoms with Gasteiger partial charge in [0.05, 0.1) is 4.47 Å². The largest absolute Gasteiger partial charge is 0.433 e. The highest BCUT2D eigenvalue weighted by atomic mass is 79.9. The van der Waals surface area contributed by atoms with Crippen LogP contribution in [0, 0.1) is 6.92 Å². The van der Waals surface area contributed by atoms with E-state index >= 15 is 0 Å². The van der Waals surface area contributed by atoms with Crippen LogP contribution in [0.4, 0.5) is 0 Å². The van der Waals surface area contributed by atoms with Crippen LogP contribution in [-0.4, -0.2) is 9.55 Å². The average Bonchev–Trinajstić information content (AvgIpc) is 2.28. The first-order valence-electron chi connectivity index (χ1n) is 5.03. The van der Waals surface area contributed by atoms with Crippen molar-refractivity contribution in [2.45, 2.75) is 6.92 Å². The first-order chi connectivity index (χ1) is 8.08. The first kappa shape index (κ1) is 11.9. The normalized spacial score (nSPS) is 10.3. The van der Waals surface area contributed by atoms with Crippen LogP contribution in [-0.2, 0) is 7.05 Å². The van der Waals surface area contributed by atoms with E-state index in [9.17, 15) is 4.79 Å². The van der Waals surface area contributed by atoms with Crippen molar-refractivity contribution in [1.29, 1.82) is 0 Å². The summed E-state index contributed by atoms with van der Waals surface area (Å²) in [5.41, 5.74) is 0.845. The second kappa shape index (κ2) is 4.71. The zero-order valence-corrected chi connectivity index (χ0v) is 11.1. The van der Waals surface area contributed by atoms with Crippen LogP contribution < -0.4 is 10.3 Å². The molecule has 0 saturated heterocycles. The van der Waals surface area contributed by atoms with Gasteiger partial charge in [-0.25, -0.2) is 4.98 Å². The van der Waals surface area contributed by atoms with Crippen LogP contribution in [0.1, 0.15) is 5.56 Å². The number of halogens is 1. The first-order valence-corrected chi connectivity index (χ1v) is 5.83. The minimum atomic E-state index is -0.264. The molecule has 0 N–H and O–H groups in total. The number of aryl methyl sites for hydroxylation is 2. The van der Waals surface area contributed by atoms with E-state index in [1.165, 1.54) is 10.8 Å². The Balaban J connectivity index is 2.38. The van der Waals surface area contributed by atoms with Crippen LogP contribution in [0.2, 0.25) is 0 Å². The number of hydrogen-bond acceptors (Lipinski definition) is 3. The van der Waals surface area contributed by atoms with E-state index in [2.05, 4.69) is 20.9 Å². The van der Waals surface area contributed by atoms with Crippen molar-refractivity contribution >= 4 is 15.9 Å². The van der Waals surface area contributed by atoms with Gasteiger partial charge in [-0.2, -0.15) is 0 Å². The Hall–Kier alpha value is -1.62. The average molecular weight is 295 g/mol. The molecule has 0 aliphatic rings. The molecule has 0 spiro atoms. The third-order valence-electron chi connectivity index (χ3n) is 2.28. The molecule has 0 fully saturated rings. The molecule has 4 nitrogen and oxygen atoms in total. The zero-order chi connectivity index (χ0) is 12.4. The highest BCUT2D eigenvalue weighted by molar-refractivity contribution is 9.10. The second-order valence-corrected chi connectivity index (χ2v) is 4.54. The molecule has 17 heavy (non-hydrogen) atoms. The van der Waals surface area contributed by atoms with E-state index in [4.69, 9.17) is 4.74 Å². The molecule has 1 aromatic heterocycles. The van der Waals surface area contributed by atoms with Crippen molar-refractivity contribution in [2.75, 3.05) is 0 Å². The molecule has 0 atom stereocenters. The van der Waals surface area contributed by atoms with E-state index in [0.717, 1.165) is 10.0 Å². The third-order valence-corrected chi connectivity index (χ3v) is 2.90. The molecule has 1 aromatic carbocycles. The van der Waals surface area contributed by atoms with Crippen molar-refractivity contribution < 1.29 is 4.74 Å². The maximum atomic E-state index is 11.7. The van der Waals surface area contributed by atoms with Gasteiger partial charge < -0.3 is 9.30 Å². The van der Waals surface area contributed by atoms with Crippen molar-refractivity contribution in [1.82, 2.24) is 9.55 Å². The molecule has 5 heteroatoms. The van der Waals surface area contributed by atoms with Crippen molar-refractivity contribution in [3.05, 3.63) is 51.0 Å². The number of benzene rings is 1. The monoisotopic (exact) mass is 294 g/mol. The second-order valence-electron chi connectivity index (χ2n) is 3.68. The molecule has 0 amide bonds. The van der Waals surface area contributed by atoms with Gasteiger partial charge in [0, 0.05) is 19.4 Å². The molecular weight excluding hydrogens is 284 g/mol. The molecule has 88 valence electrons. The summed E-state index contributed by atoms with van der Waals surface area (Å²) < 4.78 is 7.70. The highest BCUT2D eigenvalue weighted by Gasteiger charge is 2.08. The van der Waals surface area contributed by atoms with Crippen LogP contribution in [0.15, 0.2) is 39.9 Å². The lowest BCUT2D eigenvalue weighted by Gasteiger charge is -2.07. The van der Waals surface area contributed by atoms with Gasteiger partial charge in [-0.1, -0.05) is 6.07 Å². The Morgan fingerprint density at radius 3 is 2.88 bits per heavy atom. The molecule has 0 radical (unpaired) electrons. The molecule has 0 aliphatic heterocycles. The quantitative estimate of drug-likeness (QED) is 0.855. The van der Waals surface area contributed by atoms with Crippen LogP contribution in [0.3, 0.4) is 0 Å². The summed E-state index contributed by atoms with van der Waals surface area (Å²) in [6, 6.07) is 5.63. The summed E-state index contributed by atoms with van der Waals surface area (Å²) in [4.78, 5) is 15.6. The minimum Gasteiger partial charge on any atom is -0.433 e. The van der Waals surface area contributed by atoms with E-state index in [-0.39, 0.29) is 11.4 Å². The van der Waals surface area contributed by atoms with Crippen molar-refractivity contribution in [3.63, 3.8) is 0 Å². The van der Waals surface area contributed by atoms with Gasteiger partial charge in [-0.3, -0.25) is 4.79 Å². The zero-order valence-electron chi connectivity index (χ0n) is 9.48. The predicted molar refractivity (Wildman–Crippen MR) is 68.4 cm³/mol. The number of rotatable bonds is 2. The number of ether oxygens (including phenoxy) is 1. The summed E-state index contributed by atoms with van der Waals surface area (Å²) in [5, 5.41) is 0. The van der Waals surface area contributed by atoms with Gasteiger partial charge in [0.15, 0.2) is 0 Å². The standard InChI is InChI=1S/C12H11BrN2O2/c1-8-3-4-10(9(13)7-8)17-11-12(16)15(2)6-5-14-11/h3-7H,1-2H3.